The Morgan fingerprint density at radius 2 is 1.93 bits per heavy atom. The van der Waals surface area contributed by atoms with E-state index in [4.69, 9.17) is 9.47 Å². The Balaban J connectivity index is 1.25. The quantitative estimate of drug-likeness (QED) is 0.135. The van der Waals surface area contributed by atoms with Crippen molar-refractivity contribution < 1.29 is 23.9 Å². The number of hydrogen-bond acceptors (Lipinski definition) is 5. The van der Waals surface area contributed by atoms with E-state index in [2.05, 4.69) is 33.4 Å². The molecule has 5 nitrogen and oxygen atoms in total. The molecule has 5 heteroatoms. The first-order valence-electron chi connectivity index (χ1n) is 15.8. The second-order valence-corrected chi connectivity index (χ2v) is 14.6. The van der Waals surface area contributed by atoms with Gasteiger partial charge < -0.3 is 9.47 Å². The maximum absolute atomic E-state index is 13.0. The zero-order valence-electron chi connectivity index (χ0n) is 25.2. The van der Waals surface area contributed by atoms with Crippen LogP contribution in [0.5, 0.6) is 5.75 Å². The van der Waals surface area contributed by atoms with Gasteiger partial charge in [-0.15, -0.1) is 0 Å². The molecule has 1 aliphatic heterocycles. The molecule has 0 bridgehead atoms. The highest BCUT2D eigenvalue weighted by molar-refractivity contribution is 5.91. The predicted octanol–water partition coefficient (Wildman–Crippen LogP) is 7.64. The van der Waals surface area contributed by atoms with Gasteiger partial charge in [-0.1, -0.05) is 51.6 Å². The number of ether oxygens (including phenoxy) is 2. The van der Waals surface area contributed by atoms with Crippen LogP contribution in [-0.4, -0.2) is 24.3 Å². The molecule has 0 amide bonds. The van der Waals surface area contributed by atoms with Gasteiger partial charge in [0, 0.05) is 17.9 Å². The highest BCUT2D eigenvalue weighted by Crippen LogP contribution is 2.88. The zero-order valence-corrected chi connectivity index (χ0v) is 25.2. The number of fused-ring (bicyclic) bond motifs is 4. The van der Waals surface area contributed by atoms with E-state index in [1.807, 2.05) is 37.3 Å². The Bertz CT molecular complexity index is 1280. The minimum absolute atomic E-state index is 0.00713. The van der Waals surface area contributed by atoms with Gasteiger partial charge in [0.25, 0.3) is 0 Å². The summed E-state index contributed by atoms with van der Waals surface area (Å²) < 4.78 is 11.7. The van der Waals surface area contributed by atoms with Crippen LogP contribution in [0.25, 0.3) is 0 Å². The van der Waals surface area contributed by atoms with Crippen LogP contribution >= 0.6 is 0 Å². The molecule has 5 fully saturated rings. The van der Waals surface area contributed by atoms with E-state index in [1.54, 1.807) is 0 Å². The number of benzene rings is 1. The summed E-state index contributed by atoms with van der Waals surface area (Å²) in [7, 11) is 0. The number of carbonyl (C=O) groups excluding carboxylic acids is 3. The van der Waals surface area contributed by atoms with Gasteiger partial charge in [0.15, 0.2) is 0 Å². The lowest BCUT2D eigenvalue weighted by Gasteiger charge is -2.61. The maximum Gasteiger partial charge on any atom is 0.334 e. The highest BCUT2D eigenvalue weighted by Gasteiger charge is 2.83. The number of aldehydes is 1. The van der Waals surface area contributed by atoms with Crippen molar-refractivity contribution in [1.29, 1.82) is 0 Å². The first kappa shape index (κ1) is 28.4. The second-order valence-electron chi connectivity index (χ2n) is 14.6. The summed E-state index contributed by atoms with van der Waals surface area (Å²) in [5.41, 5.74) is 1.84. The molecule has 0 aromatic heterocycles. The normalized spacial score (nSPS) is 41.4. The van der Waals surface area contributed by atoms with Crippen LogP contribution in [0.15, 0.2) is 54.1 Å². The van der Waals surface area contributed by atoms with Crippen LogP contribution in [-0.2, 0) is 19.1 Å². The van der Waals surface area contributed by atoms with E-state index in [1.165, 1.54) is 19.3 Å². The topological polar surface area (TPSA) is 69.7 Å². The SMILES string of the molecule is C=C1C(=O)O[C@@H]2C[C@@H]3[C@]4(CC[C@]5(C)[C@@H]([C@H](C)CC/C=C(\C)C=O)CC[C@@]35C)C[C@]4(CCC(=O)Oc3ccccc3)[C@H]12. The molecule has 1 saturated heterocycles. The van der Waals surface area contributed by atoms with E-state index < -0.39 is 0 Å². The Kier molecular flexibility index (Phi) is 6.90. The molecular weight excluding hydrogens is 512 g/mol. The van der Waals surface area contributed by atoms with Gasteiger partial charge in [0.2, 0.25) is 0 Å². The lowest BCUT2D eigenvalue weighted by molar-refractivity contribution is -0.157. The molecule has 1 spiro atoms. The molecule has 220 valence electrons. The molecule has 0 N–H and O–H groups in total. The van der Waals surface area contributed by atoms with Crippen LogP contribution in [0.2, 0.25) is 0 Å². The van der Waals surface area contributed by atoms with E-state index >= 15 is 0 Å². The van der Waals surface area contributed by atoms with Crippen molar-refractivity contribution in [2.45, 2.75) is 98.0 Å². The zero-order chi connectivity index (χ0) is 29.2. The molecule has 9 atom stereocenters. The second kappa shape index (κ2) is 9.95. The number of rotatable bonds is 9. The molecule has 4 aliphatic carbocycles. The number of esters is 2. The summed E-state index contributed by atoms with van der Waals surface area (Å²) in [5, 5.41) is 0. The molecule has 6 rings (SSSR count). The maximum atomic E-state index is 13.0. The minimum atomic E-state index is -0.239. The first-order valence-corrected chi connectivity index (χ1v) is 15.8. The van der Waals surface area contributed by atoms with Gasteiger partial charge >= 0.3 is 11.9 Å². The summed E-state index contributed by atoms with van der Waals surface area (Å²) in [5.74, 6) is 1.83. The van der Waals surface area contributed by atoms with Crippen molar-refractivity contribution in [2.75, 3.05) is 0 Å². The molecule has 0 radical (unpaired) electrons. The Morgan fingerprint density at radius 1 is 1.17 bits per heavy atom. The van der Waals surface area contributed by atoms with Crippen molar-refractivity contribution in [3.63, 3.8) is 0 Å². The fourth-order valence-electron chi connectivity index (χ4n) is 11.0. The molecule has 1 aromatic carbocycles. The standard InChI is InChI=1S/C36H46O5/c1-23(21-37)10-9-11-24(2)27-14-16-34(5)29-20-28-31(25(3)32(39)41-28)36(22-35(29,36)19-18-33(27,34)4)17-15-30(38)40-26-12-7-6-8-13-26/h6-8,10,12-13,21,24,27-29,31H,3,9,11,14-20,22H2,1-2,4-5H3/b23-10+/t24-,27-,28-,29+,31-,33-,34+,35+,36-/m1/s1. The van der Waals surface area contributed by atoms with Crippen molar-refractivity contribution in [1.82, 2.24) is 0 Å². The summed E-state index contributed by atoms with van der Waals surface area (Å²) in [4.78, 5) is 36.9. The van der Waals surface area contributed by atoms with E-state index in [9.17, 15) is 14.4 Å². The van der Waals surface area contributed by atoms with E-state index in [-0.39, 0.29) is 45.6 Å². The first-order chi connectivity index (χ1) is 19.5. The number of allylic oxidation sites excluding steroid dienone is 2. The fourth-order valence-corrected chi connectivity index (χ4v) is 11.0. The largest absolute Gasteiger partial charge is 0.458 e. The van der Waals surface area contributed by atoms with Crippen LogP contribution in [0.4, 0.5) is 0 Å². The number of carbonyl (C=O) groups is 3. The highest BCUT2D eigenvalue weighted by atomic mass is 16.6. The van der Waals surface area contributed by atoms with E-state index in [0.29, 0.717) is 35.5 Å². The summed E-state index contributed by atoms with van der Waals surface area (Å²) in [6.07, 6.45) is 12.8. The summed E-state index contributed by atoms with van der Waals surface area (Å²) >= 11 is 0. The molecule has 0 unspecified atom stereocenters. The average molecular weight is 559 g/mol. The number of para-hydroxylation sites is 1. The summed E-state index contributed by atoms with van der Waals surface area (Å²) in [6, 6.07) is 9.28. The molecule has 1 heterocycles. The van der Waals surface area contributed by atoms with Gasteiger partial charge in [-0.25, -0.2) is 4.79 Å². The predicted molar refractivity (Wildman–Crippen MR) is 158 cm³/mol. The van der Waals surface area contributed by atoms with Crippen molar-refractivity contribution >= 4 is 18.2 Å². The fraction of sp³-hybridized carbons (Fsp3) is 0.639. The number of hydrogen-bond donors (Lipinski definition) is 0. The van der Waals surface area contributed by atoms with Crippen LogP contribution < -0.4 is 4.74 Å². The molecule has 1 aromatic rings. The molecule has 4 saturated carbocycles. The Labute approximate surface area is 245 Å². The average Bonchev–Trinajstić information content (AvgIpc) is 3.41. The van der Waals surface area contributed by atoms with Crippen molar-refractivity contribution in [2.24, 2.45) is 45.3 Å². The third-order valence-corrected chi connectivity index (χ3v) is 13.2. The lowest BCUT2D eigenvalue weighted by atomic mass is 9.43. The summed E-state index contributed by atoms with van der Waals surface area (Å²) in [6.45, 7) is 13.6. The monoisotopic (exact) mass is 558 g/mol. The third-order valence-electron chi connectivity index (χ3n) is 13.2. The van der Waals surface area contributed by atoms with Gasteiger partial charge in [-0.3, -0.25) is 9.59 Å². The van der Waals surface area contributed by atoms with Gasteiger partial charge in [-0.05, 0) is 122 Å². The minimum Gasteiger partial charge on any atom is -0.458 e. The van der Waals surface area contributed by atoms with Crippen molar-refractivity contribution in [3.05, 3.63) is 54.1 Å². The van der Waals surface area contributed by atoms with Crippen LogP contribution in [0.1, 0.15) is 91.9 Å². The lowest BCUT2D eigenvalue weighted by Crippen LogP contribution is -2.56. The molecule has 41 heavy (non-hydrogen) atoms. The Hall–Kier alpha value is -2.69. The third kappa shape index (κ3) is 4.12. The van der Waals surface area contributed by atoms with Crippen LogP contribution in [0.3, 0.4) is 0 Å². The molecule has 5 aliphatic rings. The smallest absolute Gasteiger partial charge is 0.334 e. The van der Waals surface area contributed by atoms with Crippen molar-refractivity contribution in [3.8, 4) is 5.75 Å². The van der Waals surface area contributed by atoms with Crippen LogP contribution in [0, 0.1) is 45.3 Å². The molecular formula is C36H46O5. The Morgan fingerprint density at radius 3 is 2.66 bits per heavy atom. The van der Waals surface area contributed by atoms with Gasteiger partial charge in [0.05, 0.1) is 0 Å². The van der Waals surface area contributed by atoms with Gasteiger partial charge in [0.1, 0.15) is 18.1 Å². The van der Waals surface area contributed by atoms with E-state index in [0.717, 1.165) is 50.4 Å². The van der Waals surface area contributed by atoms with Gasteiger partial charge in [-0.2, -0.15) is 0 Å².